The van der Waals surface area contributed by atoms with Crippen molar-refractivity contribution in [3.05, 3.63) is 65.9 Å². The third-order valence-corrected chi connectivity index (χ3v) is 3.72. The molecule has 0 saturated heterocycles. The van der Waals surface area contributed by atoms with Gasteiger partial charge in [0.2, 0.25) is 5.91 Å². The molecule has 2 aromatic carbocycles. The molecule has 6 heteroatoms. The summed E-state index contributed by atoms with van der Waals surface area (Å²) >= 11 is 0. The number of nitrogens with one attached hydrogen (secondary N) is 2. The second kappa shape index (κ2) is 8.20. The molecular weight excluding hydrogens is 332 g/mol. The second-order valence-electron chi connectivity index (χ2n) is 5.86. The van der Waals surface area contributed by atoms with E-state index in [0.29, 0.717) is 18.1 Å². The van der Waals surface area contributed by atoms with Crippen LogP contribution in [0.5, 0.6) is 11.5 Å². The Balaban J connectivity index is 1.63. The lowest BCUT2D eigenvalue weighted by atomic mass is 10.2. The average Bonchev–Trinajstić information content (AvgIpc) is 2.66. The minimum absolute atomic E-state index is 0.181. The van der Waals surface area contributed by atoms with Gasteiger partial charge in [-0.1, -0.05) is 42.5 Å². The number of carbonyl (C=O) groups is 2. The molecule has 6 nitrogen and oxygen atoms in total. The SMILES string of the molecule is CC(=O)N/C(=C\c1ccccc1)C(=O)NC[C@H]1COc2ccccc2O1. The van der Waals surface area contributed by atoms with E-state index in [9.17, 15) is 9.59 Å². The molecule has 1 atom stereocenters. The Kier molecular flexibility index (Phi) is 5.53. The molecule has 0 aliphatic carbocycles. The summed E-state index contributed by atoms with van der Waals surface area (Å²) in [4.78, 5) is 23.9. The first-order valence-corrected chi connectivity index (χ1v) is 8.33. The molecule has 26 heavy (non-hydrogen) atoms. The number of benzene rings is 2. The van der Waals surface area contributed by atoms with Crippen LogP contribution in [-0.2, 0) is 9.59 Å². The van der Waals surface area contributed by atoms with E-state index < -0.39 is 0 Å². The van der Waals surface area contributed by atoms with Gasteiger partial charge in [0.25, 0.3) is 5.91 Å². The molecule has 0 aromatic heterocycles. The molecule has 1 aliphatic rings. The number of para-hydroxylation sites is 2. The molecule has 0 fully saturated rings. The van der Waals surface area contributed by atoms with Crippen LogP contribution in [0, 0.1) is 0 Å². The lowest BCUT2D eigenvalue weighted by Gasteiger charge is -2.26. The normalized spacial score (nSPS) is 15.9. The highest BCUT2D eigenvalue weighted by atomic mass is 16.6. The van der Waals surface area contributed by atoms with E-state index in [2.05, 4.69) is 10.6 Å². The smallest absolute Gasteiger partial charge is 0.267 e. The van der Waals surface area contributed by atoms with E-state index >= 15 is 0 Å². The maximum atomic E-state index is 12.5. The molecule has 3 rings (SSSR count). The molecule has 2 N–H and O–H groups in total. The zero-order valence-corrected chi connectivity index (χ0v) is 14.4. The maximum Gasteiger partial charge on any atom is 0.267 e. The van der Waals surface area contributed by atoms with Gasteiger partial charge < -0.3 is 20.1 Å². The van der Waals surface area contributed by atoms with E-state index in [-0.39, 0.29) is 30.2 Å². The summed E-state index contributed by atoms with van der Waals surface area (Å²) in [5.74, 6) is 0.651. The van der Waals surface area contributed by atoms with Crippen molar-refractivity contribution in [2.45, 2.75) is 13.0 Å². The van der Waals surface area contributed by atoms with Gasteiger partial charge in [-0.25, -0.2) is 0 Å². The van der Waals surface area contributed by atoms with Crippen LogP contribution in [-0.4, -0.2) is 31.1 Å². The molecule has 0 bridgehead atoms. The summed E-state index contributed by atoms with van der Waals surface area (Å²) in [7, 11) is 0. The quantitative estimate of drug-likeness (QED) is 0.808. The predicted octanol–water partition coefficient (Wildman–Crippen LogP) is 2.12. The largest absolute Gasteiger partial charge is 0.486 e. The third-order valence-electron chi connectivity index (χ3n) is 3.72. The second-order valence-corrected chi connectivity index (χ2v) is 5.86. The van der Waals surface area contributed by atoms with Crippen molar-refractivity contribution in [3.8, 4) is 11.5 Å². The summed E-state index contributed by atoms with van der Waals surface area (Å²) in [5.41, 5.74) is 0.999. The summed E-state index contributed by atoms with van der Waals surface area (Å²) in [6.45, 7) is 1.97. The monoisotopic (exact) mass is 352 g/mol. The fraction of sp³-hybridized carbons (Fsp3) is 0.200. The first-order valence-electron chi connectivity index (χ1n) is 8.33. The molecule has 1 heterocycles. The van der Waals surface area contributed by atoms with Crippen LogP contribution >= 0.6 is 0 Å². The van der Waals surface area contributed by atoms with Crippen LogP contribution in [0.25, 0.3) is 6.08 Å². The number of fused-ring (bicyclic) bond motifs is 1. The Bertz CT molecular complexity index is 818. The van der Waals surface area contributed by atoms with Gasteiger partial charge in [0.15, 0.2) is 11.5 Å². The molecular formula is C20H20N2O4. The van der Waals surface area contributed by atoms with E-state index in [0.717, 1.165) is 5.56 Å². The molecule has 0 unspecified atom stereocenters. The Labute approximate surface area is 151 Å². The average molecular weight is 352 g/mol. The highest BCUT2D eigenvalue weighted by molar-refractivity contribution is 6.00. The number of carbonyl (C=O) groups excluding carboxylic acids is 2. The van der Waals surface area contributed by atoms with Crippen molar-refractivity contribution in [2.75, 3.05) is 13.2 Å². The summed E-state index contributed by atoms with van der Waals surface area (Å²) < 4.78 is 11.4. The third kappa shape index (κ3) is 4.63. The van der Waals surface area contributed by atoms with Crippen LogP contribution in [0.4, 0.5) is 0 Å². The van der Waals surface area contributed by atoms with Crippen molar-refractivity contribution in [1.29, 1.82) is 0 Å². The number of hydrogen-bond acceptors (Lipinski definition) is 4. The van der Waals surface area contributed by atoms with E-state index in [1.807, 2.05) is 54.6 Å². The van der Waals surface area contributed by atoms with Gasteiger partial charge in [0.1, 0.15) is 18.4 Å². The van der Waals surface area contributed by atoms with Gasteiger partial charge in [-0.05, 0) is 23.8 Å². The molecule has 2 aromatic rings. The van der Waals surface area contributed by atoms with Crippen molar-refractivity contribution in [3.63, 3.8) is 0 Å². The number of rotatable bonds is 5. The van der Waals surface area contributed by atoms with Crippen molar-refractivity contribution in [2.24, 2.45) is 0 Å². The van der Waals surface area contributed by atoms with Gasteiger partial charge in [0, 0.05) is 6.92 Å². The van der Waals surface area contributed by atoms with Crippen LogP contribution in [0.1, 0.15) is 12.5 Å². The fourth-order valence-electron chi connectivity index (χ4n) is 2.53. The number of ether oxygens (including phenoxy) is 2. The fourth-order valence-corrected chi connectivity index (χ4v) is 2.53. The Morgan fingerprint density at radius 3 is 2.50 bits per heavy atom. The number of amides is 2. The first kappa shape index (κ1) is 17.5. The Morgan fingerprint density at radius 2 is 1.77 bits per heavy atom. The zero-order chi connectivity index (χ0) is 18.4. The lowest BCUT2D eigenvalue weighted by molar-refractivity contribution is -0.122. The summed E-state index contributed by atoms with van der Waals surface area (Å²) in [5, 5.41) is 5.35. The zero-order valence-electron chi connectivity index (χ0n) is 14.4. The van der Waals surface area contributed by atoms with Gasteiger partial charge in [-0.2, -0.15) is 0 Å². The van der Waals surface area contributed by atoms with Gasteiger partial charge >= 0.3 is 0 Å². The van der Waals surface area contributed by atoms with E-state index in [4.69, 9.17) is 9.47 Å². The standard InChI is InChI=1S/C20H20N2O4/c1-14(23)22-17(11-15-7-3-2-4-8-15)20(24)21-12-16-13-25-18-9-5-6-10-19(18)26-16/h2-11,16H,12-13H2,1H3,(H,21,24)(H,22,23)/b17-11-/t16-/m0/s1. The maximum absolute atomic E-state index is 12.5. The van der Waals surface area contributed by atoms with Gasteiger partial charge in [-0.15, -0.1) is 0 Å². The minimum atomic E-state index is -0.383. The molecule has 0 spiro atoms. The molecule has 2 amide bonds. The Morgan fingerprint density at radius 1 is 1.08 bits per heavy atom. The highest BCUT2D eigenvalue weighted by Crippen LogP contribution is 2.30. The lowest BCUT2D eigenvalue weighted by Crippen LogP contribution is -2.43. The predicted molar refractivity (Wildman–Crippen MR) is 97.6 cm³/mol. The van der Waals surface area contributed by atoms with Gasteiger partial charge in [0.05, 0.1) is 6.54 Å². The van der Waals surface area contributed by atoms with Crippen LogP contribution in [0.15, 0.2) is 60.3 Å². The summed E-state index contributed by atoms with van der Waals surface area (Å²) in [6, 6.07) is 16.7. The van der Waals surface area contributed by atoms with Crippen LogP contribution in [0.3, 0.4) is 0 Å². The molecule has 1 aliphatic heterocycles. The minimum Gasteiger partial charge on any atom is -0.486 e. The molecule has 134 valence electrons. The number of hydrogen-bond donors (Lipinski definition) is 2. The van der Waals surface area contributed by atoms with Gasteiger partial charge in [-0.3, -0.25) is 9.59 Å². The van der Waals surface area contributed by atoms with Crippen molar-refractivity contribution in [1.82, 2.24) is 10.6 Å². The molecule has 0 saturated carbocycles. The first-order chi connectivity index (χ1) is 12.6. The highest BCUT2D eigenvalue weighted by Gasteiger charge is 2.22. The molecule has 0 radical (unpaired) electrons. The summed E-state index contributed by atoms with van der Waals surface area (Å²) in [6.07, 6.45) is 1.33. The van der Waals surface area contributed by atoms with Crippen molar-refractivity contribution < 1.29 is 19.1 Å². The van der Waals surface area contributed by atoms with Crippen molar-refractivity contribution >= 4 is 17.9 Å². The Hall–Kier alpha value is -3.28. The topological polar surface area (TPSA) is 76.7 Å². The van der Waals surface area contributed by atoms with E-state index in [1.165, 1.54) is 6.92 Å². The van der Waals surface area contributed by atoms with E-state index in [1.54, 1.807) is 6.08 Å². The van der Waals surface area contributed by atoms with Crippen LogP contribution < -0.4 is 20.1 Å². The van der Waals surface area contributed by atoms with Crippen LogP contribution in [0.2, 0.25) is 0 Å².